The number of hydrogen-bond donors (Lipinski definition) is 1. The van der Waals surface area contributed by atoms with Crippen molar-refractivity contribution in [1.82, 2.24) is 24.8 Å². The fourth-order valence-corrected chi connectivity index (χ4v) is 4.38. The van der Waals surface area contributed by atoms with Crippen molar-refractivity contribution in [3.8, 4) is 11.4 Å². The van der Waals surface area contributed by atoms with Crippen LogP contribution in [-0.2, 0) is 9.53 Å². The van der Waals surface area contributed by atoms with Gasteiger partial charge in [0.2, 0.25) is 5.91 Å². The average molecular weight is 508 g/mol. The Morgan fingerprint density at radius 1 is 1.19 bits per heavy atom. The van der Waals surface area contributed by atoms with E-state index in [0.29, 0.717) is 31.9 Å². The van der Waals surface area contributed by atoms with E-state index in [-0.39, 0.29) is 34.9 Å². The van der Waals surface area contributed by atoms with Gasteiger partial charge in [-0.3, -0.25) is 9.78 Å². The topological polar surface area (TPSA) is 113 Å². The van der Waals surface area contributed by atoms with Gasteiger partial charge in [0.15, 0.2) is 0 Å². The van der Waals surface area contributed by atoms with E-state index in [1.54, 1.807) is 4.90 Å². The second-order valence-corrected chi connectivity index (χ2v) is 9.78. The average Bonchev–Trinajstić information content (AvgIpc) is 2.81. The molecule has 2 atom stereocenters. The highest BCUT2D eigenvalue weighted by molar-refractivity contribution is 5.95. The van der Waals surface area contributed by atoms with E-state index in [9.17, 15) is 22.8 Å². The van der Waals surface area contributed by atoms with Crippen LogP contribution in [0, 0.1) is 0 Å². The van der Waals surface area contributed by atoms with E-state index in [1.807, 2.05) is 32.6 Å². The molecule has 0 unspecified atom stereocenters. The molecule has 10 nitrogen and oxygen atoms in total. The monoisotopic (exact) mass is 507 g/mol. The summed E-state index contributed by atoms with van der Waals surface area (Å²) in [6, 6.07) is -0.143. The SMILES string of the molecule is CC[C@H]1CN(c2cncc(-c3ncnc4c3[C@H](C(F)(F)F)CC(=O)N4)n2)CCN1C(=O)OC(C)(C)C. The zero-order valence-electron chi connectivity index (χ0n) is 20.5. The molecule has 0 aromatic carbocycles. The molecule has 36 heavy (non-hydrogen) atoms. The summed E-state index contributed by atoms with van der Waals surface area (Å²) in [6.07, 6.45) is -1.18. The molecule has 2 aromatic heterocycles. The van der Waals surface area contributed by atoms with Crippen molar-refractivity contribution in [2.45, 2.75) is 64.3 Å². The van der Waals surface area contributed by atoms with Gasteiger partial charge in [-0.2, -0.15) is 13.2 Å². The largest absolute Gasteiger partial charge is 0.444 e. The predicted octanol–water partition coefficient (Wildman–Crippen LogP) is 3.76. The Morgan fingerprint density at radius 2 is 1.94 bits per heavy atom. The summed E-state index contributed by atoms with van der Waals surface area (Å²) < 4.78 is 47.0. The Labute approximate surface area is 206 Å². The molecule has 2 aliphatic rings. The van der Waals surface area contributed by atoms with Crippen LogP contribution < -0.4 is 10.2 Å². The smallest absolute Gasteiger partial charge is 0.410 e. The highest BCUT2D eigenvalue weighted by atomic mass is 19.4. The molecule has 4 heterocycles. The number of piperazine rings is 1. The molecule has 2 aliphatic heterocycles. The number of carbonyl (C=O) groups excluding carboxylic acids is 2. The third kappa shape index (κ3) is 5.34. The fourth-order valence-electron chi connectivity index (χ4n) is 4.38. The standard InChI is InChI=1S/C23H28F3N7O3/c1-5-13-11-32(6-7-33(13)21(35)36-22(2,3)4)16-10-27-9-15(30-16)19-18-14(23(24,25)26)8-17(34)31-20(18)29-12-28-19/h9-10,12-14H,5-8,11H2,1-4H3,(H,28,29,31,34)/t13-,14+/m0/s1. The number of alkyl halides is 3. The first-order valence-electron chi connectivity index (χ1n) is 11.7. The van der Waals surface area contributed by atoms with Gasteiger partial charge in [-0.1, -0.05) is 6.92 Å². The molecule has 0 radical (unpaired) electrons. The maximum absolute atomic E-state index is 13.8. The Kier molecular flexibility index (Phi) is 6.76. The summed E-state index contributed by atoms with van der Waals surface area (Å²) in [5.74, 6) is -2.54. The number of amides is 2. The van der Waals surface area contributed by atoms with Crippen LogP contribution in [0.2, 0.25) is 0 Å². The Balaban J connectivity index is 1.62. The zero-order chi connectivity index (χ0) is 26.3. The van der Waals surface area contributed by atoms with Gasteiger partial charge in [-0.15, -0.1) is 0 Å². The van der Waals surface area contributed by atoms with Gasteiger partial charge in [0.25, 0.3) is 0 Å². The summed E-state index contributed by atoms with van der Waals surface area (Å²) in [5.41, 5.74) is -0.732. The molecule has 0 saturated carbocycles. The lowest BCUT2D eigenvalue weighted by Crippen LogP contribution is -2.56. The number of aromatic nitrogens is 4. The van der Waals surface area contributed by atoms with Crippen molar-refractivity contribution in [2.24, 2.45) is 0 Å². The zero-order valence-corrected chi connectivity index (χ0v) is 20.5. The van der Waals surface area contributed by atoms with Crippen LogP contribution in [0.1, 0.15) is 52.0 Å². The second kappa shape index (κ2) is 9.51. The van der Waals surface area contributed by atoms with Crippen molar-refractivity contribution >= 4 is 23.6 Å². The molecule has 13 heteroatoms. The highest BCUT2D eigenvalue weighted by Gasteiger charge is 2.47. The molecule has 4 rings (SSSR count). The van der Waals surface area contributed by atoms with Gasteiger partial charge in [-0.05, 0) is 27.2 Å². The van der Waals surface area contributed by atoms with Crippen LogP contribution in [0.3, 0.4) is 0 Å². The van der Waals surface area contributed by atoms with Crippen LogP contribution in [-0.4, -0.2) is 74.3 Å². The van der Waals surface area contributed by atoms with Gasteiger partial charge in [0.05, 0.1) is 30.0 Å². The molecule has 194 valence electrons. The number of ether oxygens (including phenoxy) is 1. The first-order chi connectivity index (χ1) is 16.9. The van der Waals surface area contributed by atoms with Crippen molar-refractivity contribution in [1.29, 1.82) is 0 Å². The van der Waals surface area contributed by atoms with E-state index in [2.05, 4.69) is 25.3 Å². The van der Waals surface area contributed by atoms with E-state index in [4.69, 9.17) is 4.74 Å². The second-order valence-electron chi connectivity index (χ2n) is 9.78. The van der Waals surface area contributed by atoms with Crippen LogP contribution in [0.15, 0.2) is 18.7 Å². The number of anilines is 2. The molecule has 2 amide bonds. The first-order valence-corrected chi connectivity index (χ1v) is 11.7. The number of nitrogens with one attached hydrogen (secondary N) is 1. The third-order valence-corrected chi connectivity index (χ3v) is 6.05. The number of halogens is 3. The lowest BCUT2D eigenvalue weighted by molar-refractivity contribution is -0.156. The number of hydrogen-bond acceptors (Lipinski definition) is 8. The lowest BCUT2D eigenvalue weighted by atomic mass is 9.90. The lowest BCUT2D eigenvalue weighted by Gasteiger charge is -2.41. The van der Waals surface area contributed by atoms with Gasteiger partial charge in [0.1, 0.15) is 29.3 Å². The van der Waals surface area contributed by atoms with Crippen LogP contribution in [0.4, 0.5) is 29.6 Å². The van der Waals surface area contributed by atoms with E-state index >= 15 is 0 Å². The number of nitrogens with zero attached hydrogens (tertiary/aromatic N) is 6. The normalized spacial score (nSPS) is 20.6. The molecule has 2 aromatic rings. The molecule has 1 saturated heterocycles. The van der Waals surface area contributed by atoms with Crippen molar-refractivity contribution < 1.29 is 27.5 Å². The maximum Gasteiger partial charge on any atom is 0.410 e. The molecular formula is C23H28F3N7O3. The summed E-state index contributed by atoms with van der Waals surface area (Å²) in [6.45, 7) is 8.68. The van der Waals surface area contributed by atoms with Gasteiger partial charge < -0.3 is 19.9 Å². The third-order valence-electron chi connectivity index (χ3n) is 6.05. The fraction of sp³-hybridized carbons (Fsp3) is 0.565. The summed E-state index contributed by atoms with van der Waals surface area (Å²) >= 11 is 0. The Morgan fingerprint density at radius 3 is 2.61 bits per heavy atom. The highest BCUT2D eigenvalue weighted by Crippen LogP contribution is 2.45. The van der Waals surface area contributed by atoms with Crippen molar-refractivity contribution in [2.75, 3.05) is 29.9 Å². The minimum absolute atomic E-state index is 0.0314. The molecule has 0 aliphatic carbocycles. The number of carbonyl (C=O) groups is 2. The molecule has 0 bridgehead atoms. The quantitative estimate of drug-likeness (QED) is 0.668. The number of fused-ring (bicyclic) bond motifs is 1. The maximum atomic E-state index is 13.8. The van der Waals surface area contributed by atoms with Crippen molar-refractivity contribution in [3.63, 3.8) is 0 Å². The van der Waals surface area contributed by atoms with E-state index in [0.717, 1.165) is 6.33 Å². The first kappa shape index (κ1) is 25.6. The van der Waals surface area contributed by atoms with Gasteiger partial charge in [-0.25, -0.2) is 19.7 Å². The predicted molar refractivity (Wildman–Crippen MR) is 124 cm³/mol. The van der Waals surface area contributed by atoms with Crippen LogP contribution in [0.5, 0.6) is 0 Å². The summed E-state index contributed by atoms with van der Waals surface area (Å²) in [7, 11) is 0. The molecule has 1 N–H and O–H groups in total. The van der Waals surface area contributed by atoms with Crippen LogP contribution in [0.25, 0.3) is 11.4 Å². The molecule has 1 fully saturated rings. The van der Waals surface area contributed by atoms with Crippen LogP contribution >= 0.6 is 0 Å². The van der Waals surface area contributed by atoms with Gasteiger partial charge >= 0.3 is 12.3 Å². The van der Waals surface area contributed by atoms with Crippen molar-refractivity contribution in [3.05, 3.63) is 24.3 Å². The van der Waals surface area contributed by atoms with Gasteiger partial charge in [0, 0.05) is 31.6 Å². The minimum atomic E-state index is -4.66. The number of rotatable bonds is 3. The Hall–Kier alpha value is -3.51. The minimum Gasteiger partial charge on any atom is -0.444 e. The summed E-state index contributed by atoms with van der Waals surface area (Å²) in [4.78, 5) is 44.8. The van der Waals surface area contributed by atoms with E-state index < -0.39 is 30.0 Å². The molecule has 0 spiro atoms. The summed E-state index contributed by atoms with van der Waals surface area (Å²) in [5, 5.41) is 2.40. The Bertz CT molecular complexity index is 1150. The van der Waals surface area contributed by atoms with E-state index in [1.165, 1.54) is 12.4 Å². The molecular weight excluding hydrogens is 479 g/mol.